The first-order chi connectivity index (χ1) is 3.93. The SMILES string of the molecule is N#Cc1c[c-]c[c-]c1.[W].[W]. The Morgan fingerprint density at radius 3 is 2.00 bits per heavy atom. The zero-order valence-electron chi connectivity index (χ0n) is 5.00. The van der Waals surface area contributed by atoms with E-state index >= 15 is 0 Å². The molecule has 0 heterocycles. The van der Waals surface area contributed by atoms with Gasteiger partial charge in [-0.3, -0.25) is 12.1 Å². The molecule has 50 valence electrons. The third-order valence-corrected chi connectivity index (χ3v) is 0.773. The number of hydrogen-bond acceptors (Lipinski definition) is 1. The molecule has 0 bridgehead atoms. The van der Waals surface area contributed by atoms with Crippen LogP contribution < -0.4 is 0 Å². The molecule has 0 aromatic heterocycles. The predicted octanol–water partition coefficient (Wildman–Crippen LogP) is 1.15. The molecule has 0 aliphatic carbocycles. The van der Waals surface area contributed by atoms with Crippen molar-refractivity contribution in [2.45, 2.75) is 0 Å². The number of rotatable bonds is 0. The van der Waals surface area contributed by atoms with Crippen LogP contribution in [0.4, 0.5) is 0 Å². The van der Waals surface area contributed by atoms with Crippen molar-refractivity contribution in [1.82, 2.24) is 0 Å². The maximum atomic E-state index is 8.25. The molecule has 0 saturated heterocycles. The summed E-state index contributed by atoms with van der Waals surface area (Å²) in [6.45, 7) is 0. The van der Waals surface area contributed by atoms with E-state index in [9.17, 15) is 0 Å². The van der Waals surface area contributed by atoms with Gasteiger partial charge in [-0.05, 0) is 6.07 Å². The van der Waals surface area contributed by atoms with Crippen LogP contribution in [-0.2, 0) is 42.1 Å². The van der Waals surface area contributed by atoms with E-state index in [1.54, 1.807) is 18.2 Å². The van der Waals surface area contributed by atoms with Gasteiger partial charge in [-0.25, -0.2) is 5.26 Å². The van der Waals surface area contributed by atoms with Crippen LogP contribution in [0.15, 0.2) is 18.2 Å². The number of hydrogen-bond donors (Lipinski definition) is 0. The van der Waals surface area contributed by atoms with Gasteiger partial charge in [0, 0.05) is 42.1 Å². The van der Waals surface area contributed by atoms with Crippen LogP contribution in [-0.4, -0.2) is 0 Å². The van der Waals surface area contributed by atoms with Crippen molar-refractivity contribution in [3.63, 3.8) is 0 Å². The number of benzene rings is 1. The Bertz CT molecular complexity index is 203. The molecule has 0 aliphatic heterocycles. The van der Waals surface area contributed by atoms with E-state index in [-0.39, 0.29) is 42.1 Å². The maximum Gasteiger partial charge on any atom is 0 e. The van der Waals surface area contributed by atoms with Crippen LogP contribution in [0.2, 0.25) is 0 Å². The van der Waals surface area contributed by atoms with E-state index in [0.717, 1.165) is 0 Å². The summed E-state index contributed by atoms with van der Waals surface area (Å²) in [5.41, 5.74) is 0.604. The molecule has 0 unspecified atom stereocenters. The Morgan fingerprint density at radius 1 is 1.20 bits per heavy atom. The Kier molecular flexibility index (Phi) is 9.17. The van der Waals surface area contributed by atoms with Crippen LogP contribution in [0.3, 0.4) is 0 Å². The average molecular weight is 469 g/mol. The van der Waals surface area contributed by atoms with Gasteiger partial charge in [0.15, 0.2) is 0 Å². The van der Waals surface area contributed by atoms with Crippen molar-refractivity contribution in [3.8, 4) is 6.07 Å². The average Bonchev–Trinajstić information content (AvgIpc) is 1.90. The molecular formula is C7H3NW2-2. The minimum Gasteiger partial charge on any atom is -0.358 e. The molecule has 1 aromatic carbocycles. The minimum absolute atomic E-state index is 0. The fraction of sp³-hybridized carbons (Fsp3) is 0. The summed E-state index contributed by atoms with van der Waals surface area (Å²) in [5, 5.41) is 8.25. The van der Waals surface area contributed by atoms with Crippen molar-refractivity contribution in [2.24, 2.45) is 0 Å². The van der Waals surface area contributed by atoms with E-state index in [1.165, 1.54) is 0 Å². The fourth-order valence-electron chi connectivity index (χ4n) is 0.417. The van der Waals surface area contributed by atoms with E-state index in [4.69, 9.17) is 5.26 Å². The number of nitrogens with zero attached hydrogens (tertiary/aromatic N) is 1. The standard InChI is InChI=1S/C7H3N.2W/c8-6-7-4-2-1-3-5-7;;/h1,4-5H;;/q-2;;. The van der Waals surface area contributed by atoms with Gasteiger partial charge >= 0.3 is 0 Å². The molecule has 0 N–H and O–H groups in total. The second-order valence-corrected chi connectivity index (χ2v) is 1.33. The van der Waals surface area contributed by atoms with Gasteiger partial charge in [0.2, 0.25) is 0 Å². The smallest absolute Gasteiger partial charge is 0 e. The van der Waals surface area contributed by atoms with Crippen LogP contribution >= 0.6 is 0 Å². The van der Waals surface area contributed by atoms with Crippen LogP contribution in [0.25, 0.3) is 0 Å². The second kappa shape index (κ2) is 7.20. The Balaban J connectivity index is 0. The summed E-state index contributed by atoms with van der Waals surface area (Å²) in [5.74, 6) is 0. The first-order valence-electron chi connectivity index (χ1n) is 2.21. The fourth-order valence-corrected chi connectivity index (χ4v) is 0.417. The molecule has 0 amide bonds. The summed E-state index contributed by atoms with van der Waals surface area (Å²) in [6.07, 6.45) is 0. The molecule has 1 rings (SSSR count). The van der Waals surface area contributed by atoms with Gasteiger partial charge < -0.3 is 18.2 Å². The first kappa shape index (κ1) is 12.7. The van der Waals surface area contributed by atoms with E-state index < -0.39 is 0 Å². The molecule has 3 heteroatoms. The zero-order valence-corrected chi connectivity index (χ0v) is 10.9. The summed E-state index contributed by atoms with van der Waals surface area (Å²) in [4.78, 5) is 0. The third-order valence-electron chi connectivity index (χ3n) is 0.773. The Morgan fingerprint density at radius 2 is 1.70 bits per heavy atom. The van der Waals surface area contributed by atoms with Gasteiger partial charge in [-0.1, -0.05) is 0 Å². The van der Waals surface area contributed by atoms with E-state index in [1.807, 2.05) is 6.07 Å². The van der Waals surface area contributed by atoms with E-state index in [0.29, 0.717) is 5.56 Å². The minimum atomic E-state index is 0. The number of nitriles is 1. The molecule has 0 spiro atoms. The van der Waals surface area contributed by atoms with Gasteiger partial charge in [0.05, 0.1) is 0 Å². The molecule has 0 aliphatic rings. The Labute approximate surface area is 89.0 Å². The summed E-state index contributed by atoms with van der Waals surface area (Å²) in [7, 11) is 0. The monoisotopic (exact) mass is 469 g/mol. The largest absolute Gasteiger partial charge is 0.358 e. The first-order valence-corrected chi connectivity index (χ1v) is 2.21. The van der Waals surface area contributed by atoms with Crippen LogP contribution in [0.5, 0.6) is 0 Å². The van der Waals surface area contributed by atoms with Gasteiger partial charge in [0.1, 0.15) is 0 Å². The maximum absolute atomic E-state index is 8.25. The molecule has 0 saturated carbocycles. The third kappa shape index (κ3) is 3.99. The van der Waals surface area contributed by atoms with E-state index in [2.05, 4.69) is 12.1 Å². The molecule has 0 radical (unpaired) electrons. The predicted molar refractivity (Wildman–Crippen MR) is 28.8 cm³/mol. The topological polar surface area (TPSA) is 23.8 Å². The molecule has 10 heavy (non-hydrogen) atoms. The summed E-state index contributed by atoms with van der Waals surface area (Å²) < 4.78 is 0. The van der Waals surface area contributed by atoms with Crippen molar-refractivity contribution >= 4 is 0 Å². The summed E-state index contributed by atoms with van der Waals surface area (Å²) >= 11 is 0. The van der Waals surface area contributed by atoms with Crippen molar-refractivity contribution in [2.75, 3.05) is 0 Å². The Hall–Kier alpha value is 0.0866. The zero-order chi connectivity index (χ0) is 5.82. The molecule has 0 atom stereocenters. The van der Waals surface area contributed by atoms with Gasteiger partial charge in [0.25, 0.3) is 0 Å². The molecular weight excluding hydrogens is 466 g/mol. The van der Waals surface area contributed by atoms with Crippen LogP contribution in [0.1, 0.15) is 5.56 Å². The molecule has 1 aromatic rings. The normalized spacial score (nSPS) is 6.30. The van der Waals surface area contributed by atoms with Crippen molar-refractivity contribution < 1.29 is 42.1 Å². The van der Waals surface area contributed by atoms with Crippen molar-refractivity contribution in [3.05, 3.63) is 35.9 Å². The van der Waals surface area contributed by atoms with Gasteiger partial charge in [-0.15, -0.1) is 0 Å². The second-order valence-electron chi connectivity index (χ2n) is 1.33. The van der Waals surface area contributed by atoms with Gasteiger partial charge in [-0.2, -0.15) is 5.56 Å². The van der Waals surface area contributed by atoms with Crippen molar-refractivity contribution in [1.29, 1.82) is 5.26 Å². The molecule has 0 fully saturated rings. The summed E-state index contributed by atoms with van der Waals surface area (Å²) in [6, 6.07) is 12.3. The molecule has 1 nitrogen and oxygen atoms in total. The van der Waals surface area contributed by atoms with Crippen LogP contribution in [0, 0.1) is 23.5 Å². The quantitative estimate of drug-likeness (QED) is 0.524.